The first kappa shape index (κ1) is 14.3. The first-order chi connectivity index (χ1) is 8.60. The van der Waals surface area contributed by atoms with E-state index in [1.54, 1.807) is 0 Å². The molecule has 0 bridgehead atoms. The summed E-state index contributed by atoms with van der Waals surface area (Å²) in [5.41, 5.74) is 0. The molecule has 2 saturated heterocycles. The van der Waals surface area contributed by atoms with Gasteiger partial charge in [0.15, 0.2) is 0 Å². The molecule has 106 valence electrons. The van der Waals surface area contributed by atoms with Gasteiger partial charge >= 0.3 is 0 Å². The lowest BCUT2D eigenvalue weighted by molar-refractivity contribution is 0.0737. The van der Waals surface area contributed by atoms with Crippen molar-refractivity contribution in [1.29, 1.82) is 0 Å². The van der Waals surface area contributed by atoms with E-state index in [4.69, 9.17) is 0 Å². The summed E-state index contributed by atoms with van der Waals surface area (Å²) in [7, 11) is 0. The summed E-state index contributed by atoms with van der Waals surface area (Å²) in [6, 6.07) is 1.47. The molecule has 2 atom stereocenters. The minimum absolute atomic E-state index is 0.726. The summed E-state index contributed by atoms with van der Waals surface area (Å²) in [6.07, 6.45) is 1.40. The van der Waals surface area contributed by atoms with E-state index in [0.717, 1.165) is 18.0 Å². The molecule has 2 aliphatic rings. The molecule has 0 aliphatic carbocycles. The zero-order chi connectivity index (χ0) is 13.1. The van der Waals surface area contributed by atoms with Crippen molar-refractivity contribution in [2.24, 2.45) is 5.92 Å². The minimum Gasteiger partial charge on any atom is -0.301 e. The fraction of sp³-hybridized carbons (Fsp3) is 1.00. The van der Waals surface area contributed by atoms with Crippen molar-refractivity contribution >= 4 is 0 Å². The van der Waals surface area contributed by atoms with Crippen LogP contribution in [0.2, 0.25) is 0 Å². The van der Waals surface area contributed by atoms with Crippen LogP contribution in [0.15, 0.2) is 0 Å². The van der Waals surface area contributed by atoms with E-state index in [-0.39, 0.29) is 0 Å². The number of hydrogen-bond acceptors (Lipinski definition) is 3. The van der Waals surface area contributed by atoms with E-state index in [9.17, 15) is 0 Å². The second kappa shape index (κ2) is 6.36. The van der Waals surface area contributed by atoms with E-state index >= 15 is 0 Å². The summed E-state index contributed by atoms with van der Waals surface area (Å²) < 4.78 is 0. The quantitative estimate of drug-likeness (QED) is 0.756. The van der Waals surface area contributed by atoms with Gasteiger partial charge in [-0.2, -0.15) is 0 Å². The van der Waals surface area contributed by atoms with Crippen LogP contribution in [-0.2, 0) is 0 Å². The number of rotatable bonds is 4. The summed E-state index contributed by atoms with van der Waals surface area (Å²) >= 11 is 0. The van der Waals surface area contributed by atoms with E-state index in [0.29, 0.717) is 0 Å². The fourth-order valence-corrected chi connectivity index (χ4v) is 3.44. The van der Waals surface area contributed by atoms with E-state index in [2.05, 4.69) is 42.4 Å². The van der Waals surface area contributed by atoms with Crippen molar-refractivity contribution in [2.75, 3.05) is 45.8 Å². The summed E-state index contributed by atoms with van der Waals surface area (Å²) in [6.45, 7) is 18.3. The summed E-state index contributed by atoms with van der Waals surface area (Å²) in [4.78, 5) is 7.94. The van der Waals surface area contributed by atoms with Crippen LogP contribution >= 0.6 is 0 Å². The molecule has 0 aromatic rings. The van der Waals surface area contributed by atoms with Crippen LogP contribution in [0.3, 0.4) is 0 Å². The maximum Gasteiger partial charge on any atom is 0.0195 e. The monoisotopic (exact) mass is 253 g/mol. The Morgan fingerprint density at radius 1 is 1.11 bits per heavy atom. The Kier molecular flexibility index (Phi) is 5.05. The van der Waals surface area contributed by atoms with Crippen LogP contribution in [0.1, 0.15) is 34.1 Å². The fourth-order valence-electron chi connectivity index (χ4n) is 3.44. The molecule has 2 aliphatic heterocycles. The molecule has 2 heterocycles. The molecule has 3 heteroatoms. The standard InChI is InChI=1S/C15H31N3/c1-5-16-8-9-18(14(4)10-16)12-15-6-7-17(11-15)13(2)3/h13-15H,5-12H2,1-4H3. The van der Waals surface area contributed by atoms with Crippen molar-refractivity contribution in [1.82, 2.24) is 14.7 Å². The zero-order valence-electron chi connectivity index (χ0n) is 12.7. The Morgan fingerprint density at radius 2 is 1.89 bits per heavy atom. The Morgan fingerprint density at radius 3 is 2.44 bits per heavy atom. The van der Waals surface area contributed by atoms with Gasteiger partial charge in [-0.1, -0.05) is 6.92 Å². The molecule has 18 heavy (non-hydrogen) atoms. The lowest BCUT2D eigenvalue weighted by Crippen LogP contribution is -2.53. The first-order valence-electron chi connectivity index (χ1n) is 7.80. The van der Waals surface area contributed by atoms with Gasteiger partial charge in [0.05, 0.1) is 0 Å². The molecular formula is C15H31N3. The number of piperazine rings is 1. The number of likely N-dealkylation sites (tertiary alicyclic amines) is 1. The molecule has 0 N–H and O–H groups in total. The van der Waals surface area contributed by atoms with Gasteiger partial charge < -0.3 is 9.80 Å². The maximum absolute atomic E-state index is 2.72. The average Bonchev–Trinajstić information content (AvgIpc) is 2.80. The molecule has 0 spiro atoms. The number of hydrogen-bond donors (Lipinski definition) is 0. The lowest BCUT2D eigenvalue weighted by Gasteiger charge is -2.40. The lowest BCUT2D eigenvalue weighted by atomic mass is 10.1. The van der Waals surface area contributed by atoms with Crippen LogP contribution in [0.5, 0.6) is 0 Å². The van der Waals surface area contributed by atoms with Crippen molar-refractivity contribution in [3.05, 3.63) is 0 Å². The highest BCUT2D eigenvalue weighted by molar-refractivity contribution is 4.84. The first-order valence-corrected chi connectivity index (χ1v) is 7.80. The molecule has 0 radical (unpaired) electrons. The van der Waals surface area contributed by atoms with Crippen molar-refractivity contribution < 1.29 is 0 Å². The van der Waals surface area contributed by atoms with Crippen molar-refractivity contribution in [3.8, 4) is 0 Å². The van der Waals surface area contributed by atoms with Crippen LogP contribution in [0.4, 0.5) is 0 Å². The second-order valence-electron chi connectivity index (χ2n) is 6.48. The Balaban J connectivity index is 1.77. The minimum atomic E-state index is 0.726. The molecular weight excluding hydrogens is 222 g/mol. The Labute approximate surface area is 113 Å². The predicted molar refractivity (Wildman–Crippen MR) is 78.0 cm³/mol. The van der Waals surface area contributed by atoms with E-state index in [1.165, 1.54) is 52.2 Å². The predicted octanol–water partition coefficient (Wildman–Crippen LogP) is 1.74. The summed E-state index contributed by atoms with van der Waals surface area (Å²) in [5, 5.41) is 0. The van der Waals surface area contributed by atoms with Gasteiger partial charge in [0, 0.05) is 44.8 Å². The molecule has 2 unspecified atom stereocenters. The SMILES string of the molecule is CCN1CCN(CC2CCN(C(C)C)C2)C(C)C1. The molecule has 2 rings (SSSR count). The van der Waals surface area contributed by atoms with Crippen LogP contribution in [0, 0.1) is 5.92 Å². The van der Waals surface area contributed by atoms with Gasteiger partial charge in [-0.3, -0.25) is 4.90 Å². The molecule has 3 nitrogen and oxygen atoms in total. The average molecular weight is 253 g/mol. The Bertz CT molecular complexity index is 254. The highest BCUT2D eigenvalue weighted by Gasteiger charge is 2.29. The van der Waals surface area contributed by atoms with Crippen molar-refractivity contribution in [2.45, 2.75) is 46.2 Å². The van der Waals surface area contributed by atoms with Crippen LogP contribution in [-0.4, -0.2) is 72.6 Å². The van der Waals surface area contributed by atoms with Crippen LogP contribution in [0.25, 0.3) is 0 Å². The van der Waals surface area contributed by atoms with E-state index in [1.807, 2.05) is 0 Å². The second-order valence-corrected chi connectivity index (χ2v) is 6.48. The third-order valence-electron chi connectivity index (χ3n) is 4.84. The van der Waals surface area contributed by atoms with Gasteiger partial charge in [-0.25, -0.2) is 0 Å². The molecule has 0 amide bonds. The van der Waals surface area contributed by atoms with Gasteiger partial charge in [-0.15, -0.1) is 0 Å². The highest BCUT2D eigenvalue weighted by Crippen LogP contribution is 2.21. The zero-order valence-corrected chi connectivity index (χ0v) is 12.7. The third kappa shape index (κ3) is 3.46. The number of likely N-dealkylation sites (N-methyl/N-ethyl adjacent to an activating group) is 1. The van der Waals surface area contributed by atoms with E-state index < -0.39 is 0 Å². The Hall–Kier alpha value is -0.120. The third-order valence-corrected chi connectivity index (χ3v) is 4.84. The molecule has 2 fully saturated rings. The van der Waals surface area contributed by atoms with Crippen molar-refractivity contribution in [3.63, 3.8) is 0 Å². The molecule has 0 aromatic heterocycles. The normalized spacial score (nSPS) is 32.5. The molecule has 0 aromatic carbocycles. The molecule has 0 saturated carbocycles. The van der Waals surface area contributed by atoms with Gasteiger partial charge in [-0.05, 0) is 46.2 Å². The van der Waals surface area contributed by atoms with Gasteiger partial charge in [0.25, 0.3) is 0 Å². The summed E-state index contributed by atoms with van der Waals surface area (Å²) in [5.74, 6) is 0.906. The number of nitrogens with zero attached hydrogens (tertiary/aromatic N) is 3. The largest absolute Gasteiger partial charge is 0.301 e. The highest BCUT2D eigenvalue weighted by atomic mass is 15.3. The van der Waals surface area contributed by atoms with Crippen LogP contribution < -0.4 is 0 Å². The van der Waals surface area contributed by atoms with Gasteiger partial charge in [0.2, 0.25) is 0 Å². The van der Waals surface area contributed by atoms with Gasteiger partial charge in [0.1, 0.15) is 0 Å². The topological polar surface area (TPSA) is 9.72 Å². The maximum atomic E-state index is 2.72. The smallest absolute Gasteiger partial charge is 0.0195 e.